The first-order valence-electron chi connectivity index (χ1n) is 9.25. The number of halogens is 2. The maximum Gasteiger partial charge on any atom is 0.196 e. The van der Waals surface area contributed by atoms with Gasteiger partial charge in [-0.1, -0.05) is 23.7 Å². The number of nitrogens with one attached hydrogen (secondary N) is 1. The van der Waals surface area contributed by atoms with Crippen molar-refractivity contribution in [3.05, 3.63) is 100 Å². The van der Waals surface area contributed by atoms with Crippen LogP contribution in [0.3, 0.4) is 0 Å². The standard InChI is InChI=1S/C23H18ClFN2O2/c1-28-18-8-5-14(6-9-18)20-13-21-19-12-16(24)7-10-22(19)29-23(27(21)26-20)15-3-2-4-17(25)11-15/h2-13,21,23,26H,1H3. The van der Waals surface area contributed by atoms with Crippen LogP contribution >= 0.6 is 11.6 Å². The molecule has 3 aromatic rings. The fourth-order valence-electron chi connectivity index (χ4n) is 3.78. The molecule has 4 nitrogen and oxygen atoms in total. The van der Waals surface area contributed by atoms with Gasteiger partial charge in [0.05, 0.1) is 18.8 Å². The van der Waals surface area contributed by atoms with Gasteiger partial charge in [0.2, 0.25) is 0 Å². The van der Waals surface area contributed by atoms with Gasteiger partial charge in [-0.15, -0.1) is 0 Å². The highest BCUT2D eigenvalue weighted by atomic mass is 35.5. The van der Waals surface area contributed by atoms with Gasteiger partial charge < -0.3 is 14.9 Å². The lowest BCUT2D eigenvalue weighted by Crippen LogP contribution is -2.43. The molecule has 29 heavy (non-hydrogen) atoms. The molecule has 0 spiro atoms. The van der Waals surface area contributed by atoms with Gasteiger partial charge in [0.25, 0.3) is 0 Å². The molecule has 0 aromatic heterocycles. The van der Waals surface area contributed by atoms with Crippen LogP contribution in [0.4, 0.5) is 4.39 Å². The summed E-state index contributed by atoms with van der Waals surface area (Å²) < 4.78 is 25.4. The van der Waals surface area contributed by atoms with Gasteiger partial charge in [0, 0.05) is 16.1 Å². The number of nitrogens with zero attached hydrogens (tertiary/aromatic N) is 1. The van der Waals surface area contributed by atoms with Crippen molar-refractivity contribution in [2.24, 2.45) is 0 Å². The minimum absolute atomic E-state index is 0.109. The molecule has 0 saturated heterocycles. The largest absolute Gasteiger partial charge is 0.497 e. The SMILES string of the molecule is COc1ccc(C2=CC3c4cc(Cl)ccc4OC(c4cccc(F)c4)N3N2)cc1. The molecule has 0 saturated carbocycles. The molecule has 2 unspecified atom stereocenters. The van der Waals surface area contributed by atoms with Crippen LogP contribution in [0.15, 0.2) is 72.8 Å². The van der Waals surface area contributed by atoms with Crippen LogP contribution in [-0.4, -0.2) is 12.1 Å². The lowest BCUT2D eigenvalue weighted by molar-refractivity contribution is -0.0328. The van der Waals surface area contributed by atoms with Crippen molar-refractivity contribution in [2.45, 2.75) is 12.3 Å². The lowest BCUT2D eigenvalue weighted by Gasteiger charge is -2.39. The van der Waals surface area contributed by atoms with E-state index in [9.17, 15) is 4.39 Å². The third-order valence-electron chi connectivity index (χ3n) is 5.19. The third kappa shape index (κ3) is 3.22. The van der Waals surface area contributed by atoms with E-state index in [1.807, 2.05) is 47.5 Å². The summed E-state index contributed by atoms with van der Waals surface area (Å²) in [5, 5.41) is 2.62. The second-order valence-electron chi connectivity index (χ2n) is 6.98. The summed E-state index contributed by atoms with van der Waals surface area (Å²) >= 11 is 6.25. The predicted molar refractivity (Wildman–Crippen MR) is 110 cm³/mol. The molecule has 6 heteroatoms. The number of hydrogen-bond donors (Lipinski definition) is 1. The van der Waals surface area contributed by atoms with Gasteiger partial charge in [0.15, 0.2) is 6.23 Å². The maximum absolute atomic E-state index is 13.9. The molecule has 2 aliphatic rings. The van der Waals surface area contributed by atoms with Gasteiger partial charge in [-0.2, -0.15) is 5.01 Å². The molecule has 3 aromatic carbocycles. The van der Waals surface area contributed by atoms with E-state index < -0.39 is 6.23 Å². The average Bonchev–Trinajstić information content (AvgIpc) is 3.19. The number of fused-ring (bicyclic) bond motifs is 3. The monoisotopic (exact) mass is 408 g/mol. The van der Waals surface area contributed by atoms with E-state index in [0.717, 1.165) is 33.9 Å². The zero-order valence-electron chi connectivity index (χ0n) is 15.6. The summed E-state index contributed by atoms with van der Waals surface area (Å²) in [4.78, 5) is 0. The van der Waals surface area contributed by atoms with E-state index in [1.165, 1.54) is 12.1 Å². The van der Waals surface area contributed by atoms with E-state index in [-0.39, 0.29) is 11.9 Å². The van der Waals surface area contributed by atoms with Crippen molar-refractivity contribution in [1.29, 1.82) is 0 Å². The highest BCUT2D eigenvalue weighted by Gasteiger charge is 2.40. The van der Waals surface area contributed by atoms with Crippen LogP contribution in [0, 0.1) is 5.82 Å². The molecular formula is C23H18ClFN2O2. The highest BCUT2D eigenvalue weighted by molar-refractivity contribution is 6.30. The first-order valence-corrected chi connectivity index (χ1v) is 9.63. The number of benzene rings is 3. The number of ether oxygens (including phenoxy) is 2. The van der Waals surface area contributed by atoms with E-state index in [4.69, 9.17) is 21.1 Å². The van der Waals surface area contributed by atoms with Gasteiger partial charge in [-0.25, -0.2) is 4.39 Å². The van der Waals surface area contributed by atoms with Gasteiger partial charge in [0.1, 0.15) is 17.3 Å². The van der Waals surface area contributed by atoms with Crippen molar-refractivity contribution in [3.63, 3.8) is 0 Å². The Morgan fingerprint density at radius 3 is 2.66 bits per heavy atom. The van der Waals surface area contributed by atoms with Crippen molar-refractivity contribution in [1.82, 2.24) is 10.4 Å². The van der Waals surface area contributed by atoms with Crippen LogP contribution in [0.25, 0.3) is 5.70 Å². The van der Waals surface area contributed by atoms with Crippen LogP contribution in [-0.2, 0) is 0 Å². The van der Waals surface area contributed by atoms with Crippen LogP contribution < -0.4 is 14.9 Å². The molecule has 2 aliphatic heterocycles. The van der Waals surface area contributed by atoms with Crippen LogP contribution in [0.2, 0.25) is 5.02 Å². The van der Waals surface area contributed by atoms with Crippen molar-refractivity contribution < 1.29 is 13.9 Å². The van der Waals surface area contributed by atoms with Crippen molar-refractivity contribution >= 4 is 17.3 Å². The second-order valence-corrected chi connectivity index (χ2v) is 7.42. The Hall–Kier alpha value is -3.02. The summed E-state index contributed by atoms with van der Waals surface area (Å²) in [5.74, 6) is 1.23. The molecular weight excluding hydrogens is 391 g/mol. The first-order chi connectivity index (χ1) is 14.1. The molecule has 1 N–H and O–H groups in total. The Kier molecular flexibility index (Phi) is 4.42. The summed E-state index contributed by atoms with van der Waals surface area (Å²) in [6, 6.07) is 19.8. The number of hydrazine groups is 1. The number of rotatable bonds is 3. The lowest BCUT2D eigenvalue weighted by atomic mass is 10.0. The van der Waals surface area contributed by atoms with E-state index in [0.29, 0.717) is 5.02 Å². The molecule has 0 bridgehead atoms. The number of hydrogen-bond acceptors (Lipinski definition) is 4. The van der Waals surface area contributed by atoms with Gasteiger partial charge in [-0.05, 0) is 66.2 Å². The summed E-state index contributed by atoms with van der Waals surface area (Å²) in [6.07, 6.45) is 1.64. The molecule has 0 amide bonds. The molecule has 146 valence electrons. The Balaban J connectivity index is 1.57. The Morgan fingerprint density at radius 2 is 1.90 bits per heavy atom. The first kappa shape index (κ1) is 18.0. The van der Waals surface area contributed by atoms with E-state index in [1.54, 1.807) is 19.2 Å². The van der Waals surface area contributed by atoms with Crippen LogP contribution in [0.5, 0.6) is 11.5 Å². The minimum Gasteiger partial charge on any atom is -0.497 e. The zero-order chi connectivity index (χ0) is 20.0. The van der Waals surface area contributed by atoms with Gasteiger partial charge >= 0.3 is 0 Å². The van der Waals surface area contributed by atoms with Crippen LogP contribution in [0.1, 0.15) is 29.0 Å². The summed E-state index contributed by atoms with van der Waals surface area (Å²) in [7, 11) is 1.64. The maximum atomic E-state index is 13.9. The summed E-state index contributed by atoms with van der Waals surface area (Å²) in [6.45, 7) is 0. The smallest absolute Gasteiger partial charge is 0.196 e. The quantitative estimate of drug-likeness (QED) is 0.622. The minimum atomic E-state index is -0.489. The zero-order valence-corrected chi connectivity index (χ0v) is 16.4. The Morgan fingerprint density at radius 1 is 1.07 bits per heavy atom. The Bertz CT molecular complexity index is 1100. The fraction of sp³-hybridized carbons (Fsp3) is 0.130. The molecule has 5 rings (SSSR count). The fourth-order valence-corrected chi connectivity index (χ4v) is 3.96. The molecule has 2 atom stereocenters. The topological polar surface area (TPSA) is 33.7 Å². The van der Waals surface area contributed by atoms with Crippen molar-refractivity contribution in [2.75, 3.05) is 7.11 Å². The second kappa shape index (κ2) is 7.10. The molecule has 0 radical (unpaired) electrons. The van der Waals surface area contributed by atoms with Gasteiger partial charge in [-0.3, -0.25) is 0 Å². The Labute approximate surface area is 173 Å². The van der Waals surface area contributed by atoms with E-state index in [2.05, 4.69) is 11.5 Å². The van der Waals surface area contributed by atoms with E-state index >= 15 is 0 Å². The molecule has 2 heterocycles. The normalized spacial score (nSPS) is 20.2. The average molecular weight is 409 g/mol. The van der Waals surface area contributed by atoms with Crippen molar-refractivity contribution in [3.8, 4) is 11.5 Å². The molecule has 0 aliphatic carbocycles. The summed E-state index contributed by atoms with van der Waals surface area (Å²) in [5.41, 5.74) is 7.08. The number of methoxy groups -OCH3 is 1. The molecule has 0 fully saturated rings. The third-order valence-corrected chi connectivity index (χ3v) is 5.43. The highest BCUT2D eigenvalue weighted by Crippen LogP contribution is 2.46. The predicted octanol–water partition coefficient (Wildman–Crippen LogP) is 5.48.